The number of likely N-dealkylation sites (N-methyl/N-ethyl adjacent to an activating group) is 1. The Hall–Kier alpha value is -1.43. The first-order valence-electron chi connectivity index (χ1n) is 5.54. The largest absolute Gasteiger partial charge is 0.381 e. The molecule has 1 heterocycles. The van der Waals surface area contributed by atoms with E-state index in [1.54, 1.807) is 4.90 Å². The smallest absolute Gasteiger partial charge is 0.168 e. The van der Waals surface area contributed by atoms with E-state index in [0.29, 0.717) is 26.3 Å². The molecular weight excluding hydrogens is 228 g/mol. The SMILES string of the molecule is CCOCCN(CC)c1nc(N)c(F)cc1F. The molecule has 6 heteroatoms. The van der Waals surface area contributed by atoms with E-state index < -0.39 is 11.6 Å². The molecule has 1 aromatic heterocycles. The van der Waals surface area contributed by atoms with Crippen molar-refractivity contribution in [3.63, 3.8) is 0 Å². The van der Waals surface area contributed by atoms with Crippen molar-refractivity contribution in [3.05, 3.63) is 17.7 Å². The lowest BCUT2D eigenvalue weighted by atomic mass is 10.3. The van der Waals surface area contributed by atoms with Gasteiger partial charge < -0.3 is 15.4 Å². The van der Waals surface area contributed by atoms with Gasteiger partial charge in [0, 0.05) is 25.8 Å². The number of nitrogens with zero attached hydrogens (tertiary/aromatic N) is 2. The van der Waals surface area contributed by atoms with Crippen LogP contribution in [0.4, 0.5) is 20.4 Å². The molecule has 0 spiro atoms. The van der Waals surface area contributed by atoms with E-state index >= 15 is 0 Å². The Kier molecular flexibility index (Phi) is 5.09. The Labute approximate surface area is 99.4 Å². The Morgan fingerprint density at radius 3 is 2.65 bits per heavy atom. The minimum absolute atomic E-state index is 0.0612. The second kappa shape index (κ2) is 6.34. The van der Waals surface area contributed by atoms with Gasteiger partial charge in [-0.05, 0) is 13.8 Å². The predicted molar refractivity (Wildman–Crippen MR) is 62.9 cm³/mol. The summed E-state index contributed by atoms with van der Waals surface area (Å²) in [5.74, 6) is -1.79. The third-order valence-corrected chi connectivity index (χ3v) is 2.33. The minimum atomic E-state index is -0.841. The minimum Gasteiger partial charge on any atom is -0.381 e. The second-order valence-electron chi connectivity index (χ2n) is 3.44. The Morgan fingerprint density at radius 1 is 1.35 bits per heavy atom. The molecule has 1 rings (SSSR count). The number of halogens is 2. The summed E-state index contributed by atoms with van der Waals surface area (Å²) < 4.78 is 31.7. The number of hydrogen-bond acceptors (Lipinski definition) is 4. The number of nitrogen functional groups attached to an aromatic ring is 1. The number of rotatable bonds is 6. The summed E-state index contributed by atoms with van der Waals surface area (Å²) in [6.45, 7) is 5.82. The van der Waals surface area contributed by atoms with Crippen LogP contribution in [0.15, 0.2) is 6.07 Å². The zero-order chi connectivity index (χ0) is 12.8. The van der Waals surface area contributed by atoms with Gasteiger partial charge in [0.2, 0.25) is 0 Å². The molecule has 0 saturated carbocycles. The molecule has 0 amide bonds. The number of aromatic nitrogens is 1. The Balaban J connectivity index is 2.84. The first-order chi connectivity index (χ1) is 8.10. The van der Waals surface area contributed by atoms with E-state index in [1.807, 2.05) is 13.8 Å². The molecule has 0 unspecified atom stereocenters. The summed E-state index contributed by atoms with van der Waals surface area (Å²) in [6.07, 6.45) is 0. The highest BCUT2D eigenvalue weighted by atomic mass is 19.1. The van der Waals surface area contributed by atoms with Gasteiger partial charge >= 0.3 is 0 Å². The first kappa shape index (κ1) is 13.6. The highest BCUT2D eigenvalue weighted by molar-refractivity contribution is 5.47. The first-order valence-corrected chi connectivity index (χ1v) is 5.54. The highest BCUT2D eigenvalue weighted by Gasteiger charge is 2.15. The summed E-state index contributed by atoms with van der Waals surface area (Å²) in [5, 5.41) is 0. The average Bonchev–Trinajstić information content (AvgIpc) is 2.30. The fraction of sp³-hybridized carbons (Fsp3) is 0.545. The third kappa shape index (κ3) is 3.52. The van der Waals surface area contributed by atoms with Gasteiger partial charge in [-0.15, -0.1) is 0 Å². The van der Waals surface area contributed by atoms with Gasteiger partial charge in [0.25, 0.3) is 0 Å². The van der Waals surface area contributed by atoms with Crippen molar-refractivity contribution in [2.45, 2.75) is 13.8 Å². The third-order valence-electron chi connectivity index (χ3n) is 2.33. The average molecular weight is 245 g/mol. The lowest BCUT2D eigenvalue weighted by Gasteiger charge is -2.22. The number of anilines is 2. The second-order valence-corrected chi connectivity index (χ2v) is 3.44. The monoisotopic (exact) mass is 245 g/mol. The summed E-state index contributed by atoms with van der Waals surface area (Å²) in [6, 6.07) is 0.751. The van der Waals surface area contributed by atoms with E-state index in [-0.39, 0.29) is 11.6 Å². The topological polar surface area (TPSA) is 51.4 Å². The molecule has 0 aromatic carbocycles. The van der Waals surface area contributed by atoms with E-state index in [2.05, 4.69) is 4.98 Å². The van der Waals surface area contributed by atoms with Crippen LogP contribution in [0.1, 0.15) is 13.8 Å². The van der Waals surface area contributed by atoms with Gasteiger partial charge in [0.15, 0.2) is 23.3 Å². The van der Waals surface area contributed by atoms with Crippen LogP contribution in [0.25, 0.3) is 0 Å². The molecule has 4 nitrogen and oxygen atoms in total. The van der Waals surface area contributed by atoms with Crippen LogP contribution in [0.2, 0.25) is 0 Å². The molecule has 0 saturated heterocycles. The van der Waals surface area contributed by atoms with Crippen molar-refractivity contribution in [1.82, 2.24) is 4.98 Å². The fourth-order valence-corrected chi connectivity index (χ4v) is 1.43. The van der Waals surface area contributed by atoms with Crippen LogP contribution in [0.3, 0.4) is 0 Å². The fourth-order valence-electron chi connectivity index (χ4n) is 1.43. The van der Waals surface area contributed by atoms with Gasteiger partial charge in [-0.25, -0.2) is 13.8 Å². The van der Waals surface area contributed by atoms with Gasteiger partial charge in [0.05, 0.1) is 6.61 Å². The van der Waals surface area contributed by atoms with Crippen molar-refractivity contribution in [1.29, 1.82) is 0 Å². The van der Waals surface area contributed by atoms with E-state index in [1.165, 1.54) is 0 Å². The van der Waals surface area contributed by atoms with Crippen LogP contribution in [0, 0.1) is 11.6 Å². The number of pyridine rings is 1. The number of nitrogens with two attached hydrogens (primary N) is 1. The van der Waals surface area contributed by atoms with Gasteiger partial charge in [-0.2, -0.15) is 0 Å². The quantitative estimate of drug-likeness (QED) is 0.776. The van der Waals surface area contributed by atoms with E-state index in [4.69, 9.17) is 10.5 Å². The summed E-state index contributed by atoms with van der Waals surface area (Å²) >= 11 is 0. The number of ether oxygens (including phenoxy) is 1. The molecule has 0 fully saturated rings. The summed E-state index contributed by atoms with van der Waals surface area (Å²) in [5.41, 5.74) is 5.33. The van der Waals surface area contributed by atoms with Crippen LogP contribution < -0.4 is 10.6 Å². The van der Waals surface area contributed by atoms with Crippen LogP contribution in [-0.2, 0) is 4.74 Å². The Bertz CT molecular complexity index is 374. The van der Waals surface area contributed by atoms with Crippen LogP contribution in [0.5, 0.6) is 0 Å². The lowest BCUT2D eigenvalue weighted by molar-refractivity contribution is 0.154. The molecule has 0 atom stereocenters. The van der Waals surface area contributed by atoms with Gasteiger partial charge in [-0.3, -0.25) is 0 Å². The summed E-state index contributed by atoms with van der Waals surface area (Å²) in [7, 11) is 0. The molecule has 96 valence electrons. The van der Waals surface area contributed by atoms with Gasteiger partial charge in [0.1, 0.15) is 0 Å². The van der Waals surface area contributed by atoms with Gasteiger partial charge in [-0.1, -0.05) is 0 Å². The zero-order valence-electron chi connectivity index (χ0n) is 10.0. The maximum Gasteiger partial charge on any atom is 0.168 e. The molecule has 0 aliphatic heterocycles. The molecule has 0 radical (unpaired) electrons. The molecule has 0 aliphatic rings. The zero-order valence-corrected chi connectivity index (χ0v) is 10.0. The summed E-state index contributed by atoms with van der Waals surface area (Å²) in [4.78, 5) is 5.37. The normalized spacial score (nSPS) is 10.6. The molecule has 1 aromatic rings. The standard InChI is InChI=1S/C11H17F2N3O/c1-3-16(5-6-17-4-2)11-9(13)7-8(12)10(14)15-11/h7H,3-6H2,1-2H3,(H2,14,15). The lowest BCUT2D eigenvalue weighted by Crippen LogP contribution is -2.29. The predicted octanol–water partition coefficient (Wildman–Crippen LogP) is 1.80. The maximum absolute atomic E-state index is 13.5. The Morgan fingerprint density at radius 2 is 2.06 bits per heavy atom. The molecule has 17 heavy (non-hydrogen) atoms. The molecule has 0 aliphatic carbocycles. The van der Waals surface area contributed by atoms with E-state index in [0.717, 1.165) is 6.07 Å². The highest BCUT2D eigenvalue weighted by Crippen LogP contribution is 2.20. The molecule has 2 N–H and O–H groups in total. The van der Waals surface area contributed by atoms with Crippen LogP contribution >= 0.6 is 0 Å². The van der Waals surface area contributed by atoms with Crippen molar-refractivity contribution in [3.8, 4) is 0 Å². The van der Waals surface area contributed by atoms with Crippen molar-refractivity contribution in [2.75, 3.05) is 36.9 Å². The van der Waals surface area contributed by atoms with Crippen molar-refractivity contribution < 1.29 is 13.5 Å². The van der Waals surface area contributed by atoms with Crippen LogP contribution in [-0.4, -0.2) is 31.3 Å². The number of hydrogen-bond donors (Lipinski definition) is 1. The molecule has 0 bridgehead atoms. The van der Waals surface area contributed by atoms with E-state index in [9.17, 15) is 8.78 Å². The van der Waals surface area contributed by atoms with Crippen molar-refractivity contribution in [2.24, 2.45) is 0 Å². The van der Waals surface area contributed by atoms with Crippen molar-refractivity contribution >= 4 is 11.6 Å². The molecular formula is C11H17F2N3O. The maximum atomic E-state index is 13.5.